The summed E-state index contributed by atoms with van der Waals surface area (Å²) in [6.45, 7) is 3.58. The van der Waals surface area contributed by atoms with Gasteiger partial charge in [-0.15, -0.1) is 11.3 Å². The lowest BCUT2D eigenvalue weighted by Gasteiger charge is -2.02. The van der Waals surface area contributed by atoms with Crippen LogP contribution in [0.15, 0.2) is 16.3 Å². The van der Waals surface area contributed by atoms with Gasteiger partial charge in [-0.2, -0.15) is 0 Å². The number of carbonyl (C=O) groups is 1. The van der Waals surface area contributed by atoms with E-state index in [4.69, 9.17) is 0 Å². The van der Waals surface area contributed by atoms with E-state index >= 15 is 0 Å². The Labute approximate surface area is 99.7 Å². The number of hydrogen-bond donors (Lipinski definition) is 1. The molecule has 0 saturated heterocycles. The minimum atomic E-state index is -3.43. The first kappa shape index (κ1) is 13.3. The third-order valence-corrected chi connectivity index (χ3v) is 5.20. The van der Waals surface area contributed by atoms with Gasteiger partial charge in [-0.25, -0.2) is 13.1 Å². The molecular formula is C10H15NO3S2. The molecule has 0 fully saturated rings. The van der Waals surface area contributed by atoms with E-state index < -0.39 is 10.0 Å². The predicted octanol–water partition coefficient (Wildman–Crippen LogP) is 1.57. The molecule has 0 amide bonds. The highest BCUT2D eigenvalue weighted by atomic mass is 32.2. The number of hydrogen-bond acceptors (Lipinski definition) is 4. The average Bonchev–Trinajstić information content (AvgIpc) is 2.65. The zero-order valence-corrected chi connectivity index (χ0v) is 11.0. The van der Waals surface area contributed by atoms with E-state index in [2.05, 4.69) is 4.72 Å². The number of aryl methyl sites for hydroxylation is 1. The fourth-order valence-corrected chi connectivity index (χ4v) is 3.50. The van der Waals surface area contributed by atoms with Crippen molar-refractivity contribution in [2.75, 3.05) is 6.54 Å². The van der Waals surface area contributed by atoms with Crippen molar-refractivity contribution in [2.45, 2.75) is 30.9 Å². The van der Waals surface area contributed by atoms with Gasteiger partial charge in [0, 0.05) is 17.8 Å². The summed E-state index contributed by atoms with van der Waals surface area (Å²) in [7, 11) is -3.43. The van der Waals surface area contributed by atoms with Crippen molar-refractivity contribution >= 4 is 27.1 Å². The summed E-state index contributed by atoms with van der Waals surface area (Å²) in [5.74, 6) is -0.0249. The fraction of sp³-hybridized carbons (Fsp3) is 0.500. The Kier molecular flexibility index (Phi) is 4.64. The summed E-state index contributed by atoms with van der Waals surface area (Å²) in [6, 6.07) is 3.41. The van der Waals surface area contributed by atoms with Gasteiger partial charge in [-0.1, -0.05) is 6.92 Å². The van der Waals surface area contributed by atoms with E-state index in [0.29, 0.717) is 4.21 Å². The van der Waals surface area contributed by atoms with Crippen molar-refractivity contribution in [3.8, 4) is 0 Å². The van der Waals surface area contributed by atoms with E-state index in [-0.39, 0.29) is 18.7 Å². The minimum Gasteiger partial charge on any atom is -0.300 e. The lowest BCUT2D eigenvalue weighted by molar-refractivity contribution is -0.116. The maximum Gasteiger partial charge on any atom is 0.250 e. The molecule has 0 aliphatic rings. The SMILES string of the molecule is CCc1ccc(S(=O)(=O)NCCC(C)=O)s1. The van der Waals surface area contributed by atoms with Crippen molar-refractivity contribution in [2.24, 2.45) is 0 Å². The van der Waals surface area contributed by atoms with Gasteiger partial charge in [0.1, 0.15) is 9.99 Å². The molecular weight excluding hydrogens is 246 g/mol. The van der Waals surface area contributed by atoms with Crippen LogP contribution in [-0.4, -0.2) is 20.7 Å². The van der Waals surface area contributed by atoms with E-state index in [9.17, 15) is 13.2 Å². The highest BCUT2D eigenvalue weighted by Crippen LogP contribution is 2.21. The van der Waals surface area contributed by atoms with E-state index in [1.807, 2.05) is 13.0 Å². The normalized spacial score (nSPS) is 11.6. The Morgan fingerprint density at radius 3 is 2.62 bits per heavy atom. The van der Waals surface area contributed by atoms with Gasteiger partial charge in [-0.05, 0) is 25.5 Å². The first-order valence-electron chi connectivity index (χ1n) is 5.03. The van der Waals surface area contributed by atoms with E-state index in [1.165, 1.54) is 18.3 Å². The van der Waals surface area contributed by atoms with Gasteiger partial charge in [-0.3, -0.25) is 4.79 Å². The second kappa shape index (κ2) is 5.56. The third kappa shape index (κ3) is 3.70. The van der Waals surface area contributed by atoms with E-state index in [1.54, 1.807) is 6.07 Å². The van der Waals surface area contributed by atoms with E-state index in [0.717, 1.165) is 11.3 Å². The van der Waals surface area contributed by atoms with Crippen LogP contribution < -0.4 is 4.72 Å². The quantitative estimate of drug-likeness (QED) is 0.845. The van der Waals surface area contributed by atoms with Crippen LogP contribution in [0.25, 0.3) is 0 Å². The first-order chi connectivity index (χ1) is 7.45. The molecule has 1 heterocycles. The van der Waals surface area contributed by atoms with Crippen LogP contribution in [0, 0.1) is 0 Å². The van der Waals surface area contributed by atoms with Gasteiger partial charge < -0.3 is 0 Å². The van der Waals surface area contributed by atoms with Crippen molar-refractivity contribution < 1.29 is 13.2 Å². The largest absolute Gasteiger partial charge is 0.300 e. The lowest BCUT2D eigenvalue weighted by Crippen LogP contribution is -2.25. The van der Waals surface area contributed by atoms with Crippen LogP contribution in [0.2, 0.25) is 0 Å². The molecule has 0 unspecified atom stereocenters. The second-order valence-corrected chi connectivity index (χ2v) is 6.59. The zero-order chi connectivity index (χ0) is 12.2. The molecule has 90 valence electrons. The molecule has 1 rings (SSSR count). The fourth-order valence-electron chi connectivity index (χ4n) is 1.13. The van der Waals surface area contributed by atoms with Gasteiger partial charge >= 0.3 is 0 Å². The van der Waals surface area contributed by atoms with Gasteiger partial charge in [0.05, 0.1) is 0 Å². The van der Waals surface area contributed by atoms with Crippen LogP contribution in [0.1, 0.15) is 25.1 Å². The maximum absolute atomic E-state index is 11.7. The van der Waals surface area contributed by atoms with Gasteiger partial charge in [0.2, 0.25) is 10.0 Å². The zero-order valence-electron chi connectivity index (χ0n) is 9.32. The highest BCUT2D eigenvalue weighted by molar-refractivity contribution is 7.91. The van der Waals surface area contributed by atoms with Crippen molar-refractivity contribution in [3.05, 3.63) is 17.0 Å². The molecule has 6 heteroatoms. The van der Waals surface area contributed by atoms with Crippen LogP contribution in [0.4, 0.5) is 0 Å². The Morgan fingerprint density at radius 1 is 1.44 bits per heavy atom. The minimum absolute atomic E-state index is 0.0249. The van der Waals surface area contributed by atoms with Crippen LogP contribution in [0.3, 0.4) is 0 Å². The highest BCUT2D eigenvalue weighted by Gasteiger charge is 2.15. The number of Topliss-reactive ketones (excluding diaryl/α,β-unsaturated/α-hetero) is 1. The average molecular weight is 261 g/mol. The summed E-state index contributed by atoms with van der Waals surface area (Å²) in [4.78, 5) is 11.7. The van der Waals surface area contributed by atoms with Crippen LogP contribution >= 0.6 is 11.3 Å². The first-order valence-corrected chi connectivity index (χ1v) is 7.33. The van der Waals surface area contributed by atoms with Crippen molar-refractivity contribution in [1.29, 1.82) is 0 Å². The van der Waals surface area contributed by atoms with Crippen molar-refractivity contribution in [1.82, 2.24) is 4.72 Å². The number of rotatable bonds is 6. The molecule has 1 aromatic rings. The summed E-state index contributed by atoms with van der Waals surface area (Å²) < 4.78 is 26.2. The monoisotopic (exact) mass is 261 g/mol. The molecule has 0 atom stereocenters. The smallest absolute Gasteiger partial charge is 0.250 e. The topological polar surface area (TPSA) is 63.2 Å². The molecule has 16 heavy (non-hydrogen) atoms. The molecule has 0 aliphatic heterocycles. The molecule has 1 aromatic heterocycles. The van der Waals surface area contributed by atoms with Gasteiger partial charge in [0.15, 0.2) is 0 Å². The maximum atomic E-state index is 11.7. The summed E-state index contributed by atoms with van der Waals surface area (Å²) in [6.07, 6.45) is 1.05. The Bertz CT molecular complexity index is 462. The molecule has 0 spiro atoms. The Balaban J connectivity index is 2.66. The predicted molar refractivity (Wildman–Crippen MR) is 64.2 cm³/mol. The number of sulfonamides is 1. The molecule has 0 bridgehead atoms. The Morgan fingerprint density at radius 2 is 2.12 bits per heavy atom. The number of ketones is 1. The number of nitrogens with one attached hydrogen (secondary N) is 1. The molecule has 1 N–H and O–H groups in total. The van der Waals surface area contributed by atoms with Crippen LogP contribution in [0.5, 0.6) is 0 Å². The van der Waals surface area contributed by atoms with Crippen LogP contribution in [-0.2, 0) is 21.2 Å². The molecule has 0 saturated carbocycles. The Hall–Kier alpha value is -0.720. The molecule has 0 aliphatic carbocycles. The molecule has 0 aromatic carbocycles. The standard InChI is InChI=1S/C10H15NO3S2/c1-3-9-4-5-10(15-9)16(13,14)11-7-6-8(2)12/h4-5,11H,3,6-7H2,1-2H3. The van der Waals surface area contributed by atoms with Gasteiger partial charge in [0.25, 0.3) is 0 Å². The molecule has 0 radical (unpaired) electrons. The third-order valence-electron chi connectivity index (χ3n) is 2.02. The number of thiophene rings is 1. The summed E-state index contributed by atoms with van der Waals surface area (Å²) >= 11 is 1.26. The van der Waals surface area contributed by atoms with Crippen molar-refractivity contribution in [3.63, 3.8) is 0 Å². The summed E-state index contributed by atoms with van der Waals surface area (Å²) in [5, 5.41) is 0. The summed E-state index contributed by atoms with van der Waals surface area (Å²) in [5.41, 5.74) is 0. The number of carbonyl (C=O) groups excluding carboxylic acids is 1. The second-order valence-electron chi connectivity index (χ2n) is 3.42. The lowest BCUT2D eigenvalue weighted by atomic mass is 10.3. The molecule has 4 nitrogen and oxygen atoms in total.